The van der Waals surface area contributed by atoms with E-state index in [1.165, 1.54) is 17.4 Å². The number of ether oxygens (including phenoxy) is 2. The van der Waals surface area contributed by atoms with Crippen LogP contribution >= 0.6 is 0 Å². The second kappa shape index (κ2) is 23.4. The Balaban J connectivity index is 0.000000726. The lowest BCUT2D eigenvalue weighted by Crippen LogP contribution is -2.50. The highest BCUT2D eigenvalue weighted by Crippen LogP contribution is 2.39. The molecule has 0 saturated heterocycles. The smallest absolute Gasteiger partial charge is 0.410 e. The number of nitrogens with two attached hydrogens (primary N) is 3. The fourth-order valence-corrected chi connectivity index (χ4v) is 6.64. The minimum Gasteiger partial charge on any atom is -0.491 e. The molecule has 2 amide bonds. The standard InChI is InChI=1S/C30H43N9O6S.C7H10N2O.C3H8.C2H6/c1-30(2,3)45-29(41)36(5)12-9-15-44-24-17-19(26(31)40)16-21-25(24)39(27(32)35-21)14-8-7-13-38-22-11-10-20(46(33,42)43)18-23(22)37(6)28(38)34-4;1-3-9-7(5-10)4-6(2)8-9;1-3-2;1-2/h7-8,10-11,16-18,28,34H,9,12-15H2,1-6H3,(H2,31,40)(H2,32,35)(H2,33,42,43);4-5H,3H2,1-2H3;3H2,1-2H3;1-2H3/b8-7+;;;. The van der Waals surface area contributed by atoms with Gasteiger partial charge in [0.05, 0.1) is 34.1 Å². The van der Waals surface area contributed by atoms with Gasteiger partial charge in [-0.25, -0.2) is 23.3 Å². The summed E-state index contributed by atoms with van der Waals surface area (Å²) in [6.45, 7) is 19.7. The van der Waals surface area contributed by atoms with Gasteiger partial charge in [-0.3, -0.25) is 19.6 Å². The summed E-state index contributed by atoms with van der Waals surface area (Å²) in [4.78, 5) is 44.6. The highest BCUT2D eigenvalue weighted by atomic mass is 32.2. The minimum atomic E-state index is -3.85. The van der Waals surface area contributed by atoms with Gasteiger partial charge in [0.2, 0.25) is 21.9 Å². The Morgan fingerprint density at radius 3 is 2.21 bits per heavy atom. The summed E-state index contributed by atoms with van der Waals surface area (Å²) in [7, 11) is 1.49. The third kappa shape index (κ3) is 14.2. The van der Waals surface area contributed by atoms with E-state index in [0.29, 0.717) is 48.5 Å². The summed E-state index contributed by atoms with van der Waals surface area (Å²) in [5.74, 6) is -0.0129. The van der Waals surface area contributed by atoms with Crippen molar-refractivity contribution in [3.8, 4) is 5.75 Å². The first-order chi connectivity index (χ1) is 28.7. The number of fused-ring (bicyclic) bond motifs is 2. The lowest BCUT2D eigenvalue weighted by atomic mass is 10.1. The quantitative estimate of drug-likeness (QED) is 0.0698. The molecule has 2 aromatic heterocycles. The number of hydrogen-bond acceptors (Lipinski definition) is 13. The summed E-state index contributed by atoms with van der Waals surface area (Å²) in [5.41, 5.74) is 15.7. The van der Waals surface area contributed by atoms with Crippen LogP contribution in [0.15, 0.2) is 53.4 Å². The van der Waals surface area contributed by atoms with Crippen LogP contribution in [-0.4, -0.2) is 104 Å². The van der Waals surface area contributed by atoms with Crippen molar-refractivity contribution in [1.29, 1.82) is 0 Å². The maximum absolute atomic E-state index is 12.3. The van der Waals surface area contributed by atoms with Crippen LogP contribution in [0.5, 0.6) is 5.75 Å². The van der Waals surface area contributed by atoms with Gasteiger partial charge >= 0.3 is 6.09 Å². The lowest BCUT2D eigenvalue weighted by molar-refractivity contribution is 0.0292. The number of anilines is 3. The predicted molar refractivity (Wildman–Crippen MR) is 243 cm³/mol. The number of benzene rings is 2. The third-order valence-electron chi connectivity index (χ3n) is 8.72. The van der Waals surface area contributed by atoms with Gasteiger partial charge in [0, 0.05) is 45.8 Å². The van der Waals surface area contributed by atoms with E-state index < -0.39 is 27.6 Å². The molecule has 1 aliphatic rings. The van der Waals surface area contributed by atoms with Crippen molar-refractivity contribution >= 4 is 56.7 Å². The fourth-order valence-electron chi connectivity index (χ4n) is 6.11. The molecule has 0 fully saturated rings. The Morgan fingerprint density at radius 2 is 1.67 bits per heavy atom. The van der Waals surface area contributed by atoms with Crippen LogP contribution in [0.4, 0.5) is 22.1 Å². The molecule has 19 heteroatoms. The van der Waals surface area contributed by atoms with Crippen LogP contribution in [-0.2, 0) is 27.8 Å². The van der Waals surface area contributed by atoms with E-state index in [1.807, 2.05) is 58.8 Å². The Morgan fingerprint density at radius 1 is 1.03 bits per heavy atom. The van der Waals surface area contributed by atoms with Crippen molar-refractivity contribution in [3.63, 3.8) is 0 Å². The molecule has 338 valence electrons. The second-order valence-corrected chi connectivity index (χ2v) is 16.4. The van der Waals surface area contributed by atoms with Crippen molar-refractivity contribution < 1.29 is 32.3 Å². The number of nitrogens with one attached hydrogen (secondary N) is 1. The molecule has 18 nitrogen and oxygen atoms in total. The van der Waals surface area contributed by atoms with Crippen LogP contribution in [0, 0.1) is 6.92 Å². The van der Waals surface area contributed by atoms with Gasteiger partial charge in [-0.15, -0.1) is 0 Å². The Labute approximate surface area is 361 Å². The molecule has 1 unspecified atom stereocenters. The van der Waals surface area contributed by atoms with E-state index in [1.54, 1.807) is 67.4 Å². The maximum Gasteiger partial charge on any atom is 0.410 e. The summed E-state index contributed by atoms with van der Waals surface area (Å²) in [6.07, 6.45) is 5.82. The summed E-state index contributed by atoms with van der Waals surface area (Å²) >= 11 is 0. The summed E-state index contributed by atoms with van der Waals surface area (Å²) in [5, 5.41) is 12.7. The molecule has 0 aliphatic carbocycles. The molecular formula is C42H67N11O7S. The van der Waals surface area contributed by atoms with Gasteiger partial charge in [0.15, 0.2) is 12.6 Å². The molecule has 1 aliphatic heterocycles. The largest absolute Gasteiger partial charge is 0.491 e. The molecule has 4 aromatic rings. The summed E-state index contributed by atoms with van der Waals surface area (Å²) in [6, 6.07) is 9.70. The number of primary sulfonamides is 1. The molecule has 1 atom stereocenters. The number of amides is 2. The minimum absolute atomic E-state index is 0.0420. The summed E-state index contributed by atoms with van der Waals surface area (Å²) < 4.78 is 38.8. The second-order valence-electron chi connectivity index (χ2n) is 14.8. The van der Waals surface area contributed by atoms with Crippen molar-refractivity contribution in [2.75, 3.05) is 56.4 Å². The number of nitrogen functional groups attached to an aromatic ring is 1. The van der Waals surface area contributed by atoms with Gasteiger partial charge in [-0.05, 0) is 84.5 Å². The number of aryl methyl sites for hydroxylation is 2. The van der Waals surface area contributed by atoms with E-state index in [2.05, 4.69) is 34.1 Å². The van der Waals surface area contributed by atoms with E-state index in [0.717, 1.165) is 29.9 Å². The fraction of sp³-hybridized carbons (Fsp3) is 0.500. The number of nitrogens with zero attached hydrogens (tertiary/aromatic N) is 7. The molecule has 2 aromatic carbocycles. The number of primary amides is 1. The van der Waals surface area contributed by atoms with E-state index in [-0.39, 0.29) is 29.3 Å². The number of imidazole rings is 1. The van der Waals surface area contributed by atoms with Gasteiger partial charge in [0.25, 0.3) is 0 Å². The van der Waals surface area contributed by atoms with Crippen molar-refractivity contribution in [3.05, 3.63) is 65.5 Å². The van der Waals surface area contributed by atoms with Gasteiger partial charge in [-0.1, -0.05) is 46.3 Å². The molecule has 0 saturated carbocycles. The number of aldehydes is 1. The predicted octanol–water partition coefficient (Wildman–Crippen LogP) is 5.48. The molecule has 3 heterocycles. The van der Waals surface area contributed by atoms with Gasteiger partial charge in [0.1, 0.15) is 22.6 Å². The first kappa shape index (κ1) is 51.5. The number of carbonyl (C=O) groups is 3. The zero-order valence-electron chi connectivity index (χ0n) is 37.9. The normalized spacial score (nSPS) is 13.4. The highest BCUT2D eigenvalue weighted by Gasteiger charge is 2.33. The van der Waals surface area contributed by atoms with Gasteiger partial charge < -0.3 is 40.2 Å². The molecule has 0 bridgehead atoms. The van der Waals surface area contributed by atoms with E-state index >= 15 is 0 Å². The lowest BCUT2D eigenvalue weighted by Gasteiger charge is -2.29. The Hall–Kier alpha value is -5.66. The molecule has 61 heavy (non-hydrogen) atoms. The number of carbonyl (C=O) groups excluding carboxylic acids is 3. The van der Waals surface area contributed by atoms with Crippen molar-refractivity contribution in [2.45, 2.75) is 105 Å². The topological polar surface area (TPSA) is 239 Å². The van der Waals surface area contributed by atoms with Crippen LogP contribution in [0.3, 0.4) is 0 Å². The van der Waals surface area contributed by atoms with Crippen molar-refractivity contribution in [2.24, 2.45) is 10.9 Å². The van der Waals surface area contributed by atoms with Crippen molar-refractivity contribution in [1.82, 2.24) is 29.5 Å². The molecule has 7 N–H and O–H groups in total. The molecule has 5 rings (SSSR count). The van der Waals surface area contributed by atoms with E-state index in [4.69, 9.17) is 26.1 Å². The van der Waals surface area contributed by atoms with Crippen LogP contribution in [0.1, 0.15) is 94.8 Å². The average molecular weight is 870 g/mol. The van der Waals surface area contributed by atoms with Crippen LogP contribution in [0.25, 0.3) is 11.0 Å². The zero-order chi connectivity index (χ0) is 46.2. The SMILES string of the molecule is CC.CCC.CCn1nc(C)cc1C=O.CNC1N(C)c2cc(S(N)(=O)=O)ccc2N1C/C=C/Cn1c(N)nc2cc(C(N)=O)cc(OCCCN(C)C(=O)OC(C)(C)C)c21. The van der Waals surface area contributed by atoms with Crippen LogP contribution < -0.4 is 36.5 Å². The molecule has 0 spiro atoms. The number of hydrogen-bond donors (Lipinski definition) is 4. The number of allylic oxidation sites excluding steroid dienone is 1. The Kier molecular flexibility index (Phi) is 19.7. The monoisotopic (exact) mass is 869 g/mol. The number of rotatable bonds is 14. The third-order valence-corrected chi connectivity index (χ3v) is 9.63. The number of sulfonamides is 1. The van der Waals surface area contributed by atoms with Crippen LogP contribution in [0.2, 0.25) is 0 Å². The molecule has 0 radical (unpaired) electrons. The first-order valence-electron chi connectivity index (χ1n) is 20.4. The van der Waals surface area contributed by atoms with E-state index in [9.17, 15) is 22.8 Å². The average Bonchev–Trinajstić information content (AvgIpc) is 3.83. The first-order valence-corrected chi connectivity index (χ1v) is 21.9. The zero-order valence-corrected chi connectivity index (χ0v) is 38.7. The number of aromatic nitrogens is 4. The van der Waals surface area contributed by atoms with Gasteiger partial charge in [-0.2, -0.15) is 5.10 Å². The Bertz CT molecular complexity index is 2210. The highest BCUT2D eigenvalue weighted by molar-refractivity contribution is 7.89. The molecular weight excluding hydrogens is 803 g/mol. The maximum atomic E-state index is 12.3.